The monoisotopic (exact) mass is 264 g/mol. The third-order valence-corrected chi connectivity index (χ3v) is 3.03. The average molecular weight is 264 g/mol. The fourth-order valence-electron chi connectivity index (χ4n) is 2.18. The maximum Gasteiger partial charge on any atom is 0.0367 e. The Morgan fingerprint density at radius 1 is 0.842 bits per heavy atom. The first-order valence-corrected chi connectivity index (χ1v) is 7.92. The summed E-state index contributed by atoms with van der Waals surface area (Å²) in [6.45, 7) is 16.3. The van der Waals surface area contributed by atoms with Crippen LogP contribution in [-0.2, 0) is 0 Å². The van der Waals surface area contributed by atoms with Gasteiger partial charge >= 0.3 is 0 Å². The molecule has 0 saturated carbocycles. The maximum absolute atomic E-state index is 2.56. The number of para-hydroxylation sites is 1. The quantitative estimate of drug-likeness (QED) is 0.804. The van der Waals surface area contributed by atoms with Crippen molar-refractivity contribution in [1.82, 2.24) is 4.90 Å². The minimum atomic E-state index is 1.17. The predicted molar refractivity (Wildman–Crippen MR) is 88.1 cm³/mol. The first-order chi connectivity index (χ1) is 9.40. The summed E-state index contributed by atoms with van der Waals surface area (Å²) in [7, 11) is 0. The summed E-state index contributed by atoms with van der Waals surface area (Å²) in [6, 6.07) is 10.7. The number of nitrogens with zero attached hydrogens (tertiary/aromatic N) is 2. The zero-order valence-electron chi connectivity index (χ0n) is 13.5. The molecule has 1 fully saturated rings. The molecule has 0 atom stereocenters. The molecule has 1 aromatic carbocycles. The van der Waals surface area contributed by atoms with Crippen LogP contribution in [0.4, 0.5) is 5.69 Å². The van der Waals surface area contributed by atoms with Crippen LogP contribution in [0, 0.1) is 0 Å². The van der Waals surface area contributed by atoms with Crippen LogP contribution in [0.15, 0.2) is 30.3 Å². The van der Waals surface area contributed by atoms with Crippen LogP contribution < -0.4 is 4.90 Å². The number of hydrogen-bond donors (Lipinski definition) is 0. The van der Waals surface area contributed by atoms with Crippen molar-refractivity contribution < 1.29 is 0 Å². The van der Waals surface area contributed by atoms with E-state index in [1.165, 1.54) is 44.8 Å². The lowest BCUT2D eigenvalue weighted by Crippen LogP contribution is -2.46. The van der Waals surface area contributed by atoms with E-state index in [-0.39, 0.29) is 0 Å². The topological polar surface area (TPSA) is 6.48 Å². The zero-order valence-corrected chi connectivity index (χ0v) is 13.5. The Labute approximate surface area is 120 Å². The summed E-state index contributed by atoms with van der Waals surface area (Å²) in [4.78, 5) is 5.03. The second-order valence-corrected chi connectivity index (χ2v) is 4.16. The van der Waals surface area contributed by atoms with E-state index in [9.17, 15) is 0 Å². The Kier molecular flexibility index (Phi) is 11.4. The summed E-state index contributed by atoms with van der Waals surface area (Å²) < 4.78 is 0. The Balaban J connectivity index is 0.000000741. The molecule has 2 nitrogen and oxygen atoms in total. The molecule has 0 N–H and O–H groups in total. The fraction of sp³-hybridized carbons (Fsp3) is 0.647. The highest BCUT2D eigenvalue weighted by molar-refractivity contribution is 5.46. The molecule has 2 heteroatoms. The van der Waals surface area contributed by atoms with Gasteiger partial charge in [-0.1, -0.05) is 52.8 Å². The van der Waals surface area contributed by atoms with Gasteiger partial charge in [-0.05, 0) is 25.1 Å². The second kappa shape index (κ2) is 12.0. The summed E-state index contributed by atoms with van der Waals surface area (Å²) in [5, 5.41) is 0. The molecule has 0 unspecified atom stereocenters. The normalized spacial score (nSPS) is 14.9. The van der Waals surface area contributed by atoms with Crippen molar-refractivity contribution in [3.8, 4) is 0 Å². The lowest BCUT2D eigenvalue weighted by Gasteiger charge is -2.35. The molecule has 0 aliphatic carbocycles. The lowest BCUT2D eigenvalue weighted by atomic mass is 10.2. The first kappa shape index (κ1) is 18.0. The number of rotatable bonds is 3. The van der Waals surface area contributed by atoms with Gasteiger partial charge in [0.05, 0.1) is 0 Å². The summed E-state index contributed by atoms with van der Waals surface area (Å²) in [5.74, 6) is 0. The van der Waals surface area contributed by atoms with E-state index in [4.69, 9.17) is 0 Å². The highest BCUT2D eigenvalue weighted by atomic mass is 15.3. The van der Waals surface area contributed by atoms with Crippen molar-refractivity contribution in [2.75, 3.05) is 37.6 Å². The Bertz CT molecular complexity index is 277. The molecule has 1 aromatic rings. The van der Waals surface area contributed by atoms with E-state index in [2.05, 4.69) is 47.1 Å². The Hall–Kier alpha value is -1.02. The number of benzene rings is 1. The average Bonchev–Trinajstić information content (AvgIpc) is 2.53. The van der Waals surface area contributed by atoms with E-state index in [0.717, 1.165) is 0 Å². The van der Waals surface area contributed by atoms with Crippen molar-refractivity contribution in [1.29, 1.82) is 0 Å². The number of anilines is 1. The number of hydrogen-bond acceptors (Lipinski definition) is 2. The van der Waals surface area contributed by atoms with Gasteiger partial charge < -0.3 is 4.90 Å². The smallest absolute Gasteiger partial charge is 0.0367 e. The Morgan fingerprint density at radius 3 is 1.84 bits per heavy atom. The van der Waals surface area contributed by atoms with E-state index >= 15 is 0 Å². The van der Waals surface area contributed by atoms with E-state index in [0.29, 0.717) is 0 Å². The molecule has 1 aliphatic heterocycles. The van der Waals surface area contributed by atoms with Crippen molar-refractivity contribution >= 4 is 5.69 Å². The van der Waals surface area contributed by atoms with Gasteiger partial charge in [0.25, 0.3) is 0 Å². The fourth-order valence-corrected chi connectivity index (χ4v) is 2.18. The molecular formula is C17H32N2. The molecule has 1 heterocycles. The predicted octanol–water partition coefficient (Wildman–Crippen LogP) is 4.27. The molecule has 2 rings (SSSR count). The van der Waals surface area contributed by atoms with Crippen LogP contribution in [0.2, 0.25) is 0 Å². The van der Waals surface area contributed by atoms with Crippen LogP contribution in [0.1, 0.15) is 41.0 Å². The van der Waals surface area contributed by atoms with Gasteiger partial charge in [0.2, 0.25) is 0 Å². The minimum Gasteiger partial charge on any atom is -0.369 e. The van der Waals surface area contributed by atoms with Gasteiger partial charge in [0.1, 0.15) is 0 Å². The molecule has 1 aliphatic rings. The molecule has 110 valence electrons. The molecular weight excluding hydrogens is 232 g/mol. The second-order valence-electron chi connectivity index (χ2n) is 4.16. The SMILES string of the molecule is CC.CC.CCCN1CCN(c2ccccc2)CC1. The van der Waals surface area contributed by atoms with E-state index in [1.54, 1.807) is 0 Å². The van der Waals surface area contributed by atoms with E-state index in [1.807, 2.05) is 27.7 Å². The summed E-state index contributed by atoms with van der Waals surface area (Å²) >= 11 is 0. The van der Waals surface area contributed by atoms with Crippen LogP contribution in [0.5, 0.6) is 0 Å². The molecule has 0 bridgehead atoms. The largest absolute Gasteiger partial charge is 0.369 e. The van der Waals surface area contributed by atoms with Crippen LogP contribution >= 0.6 is 0 Å². The van der Waals surface area contributed by atoms with Crippen LogP contribution in [0.25, 0.3) is 0 Å². The van der Waals surface area contributed by atoms with Crippen molar-refractivity contribution in [3.05, 3.63) is 30.3 Å². The maximum atomic E-state index is 2.56. The lowest BCUT2D eigenvalue weighted by molar-refractivity contribution is 0.258. The molecule has 0 amide bonds. The van der Waals surface area contributed by atoms with Gasteiger partial charge in [-0.25, -0.2) is 0 Å². The van der Waals surface area contributed by atoms with Crippen molar-refractivity contribution in [2.24, 2.45) is 0 Å². The number of piperazine rings is 1. The summed E-state index contributed by atoms with van der Waals surface area (Å²) in [5.41, 5.74) is 1.37. The summed E-state index contributed by atoms with van der Waals surface area (Å²) in [6.07, 6.45) is 1.27. The van der Waals surface area contributed by atoms with Gasteiger partial charge in [-0.3, -0.25) is 4.90 Å². The van der Waals surface area contributed by atoms with Gasteiger partial charge in [-0.15, -0.1) is 0 Å². The zero-order chi connectivity index (χ0) is 14.5. The molecule has 0 spiro atoms. The first-order valence-electron chi connectivity index (χ1n) is 7.92. The molecule has 0 radical (unpaired) electrons. The minimum absolute atomic E-state index is 1.17. The molecule has 1 saturated heterocycles. The molecule has 0 aromatic heterocycles. The van der Waals surface area contributed by atoms with Crippen molar-refractivity contribution in [3.63, 3.8) is 0 Å². The van der Waals surface area contributed by atoms with Gasteiger partial charge in [0.15, 0.2) is 0 Å². The van der Waals surface area contributed by atoms with Crippen molar-refractivity contribution in [2.45, 2.75) is 41.0 Å². The Morgan fingerprint density at radius 2 is 1.37 bits per heavy atom. The highest BCUT2D eigenvalue weighted by Gasteiger charge is 2.15. The van der Waals surface area contributed by atoms with Gasteiger partial charge in [0, 0.05) is 31.9 Å². The standard InChI is InChI=1S/C13H20N2.2C2H6/c1-2-8-14-9-11-15(12-10-14)13-6-4-3-5-7-13;2*1-2/h3-7H,2,8-12H2,1H3;2*1-2H3. The van der Waals surface area contributed by atoms with Crippen LogP contribution in [-0.4, -0.2) is 37.6 Å². The third-order valence-electron chi connectivity index (χ3n) is 3.03. The highest BCUT2D eigenvalue weighted by Crippen LogP contribution is 2.15. The van der Waals surface area contributed by atoms with E-state index < -0.39 is 0 Å². The van der Waals surface area contributed by atoms with Gasteiger partial charge in [-0.2, -0.15) is 0 Å². The van der Waals surface area contributed by atoms with Crippen LogP contribution in [0.3, 0.4) is 0 Å². The third kappa shape index (κ3) is 6.63. The molecule has 19 heavy (non-hydrogen) atoms.